The first kappa shape index (κ1) is 8.49. The van der Waals surface area contributed by atoms with Crippen LogP contribution in [0.15, 0.2) is 24.3 Å². The van der Waals surface area contributed by atoms with Gasteiger partial charge in [0.25, 0.3) is 0 Å². The second kappa shape index (κ2) is 2.60. The first-order chi connectivity index (χ1) is 6.72. The van der Waals surface area contributed by atoms with Gasteiger partial charge in [-0.05, 0) is 37.7 Å². The van der Waals surface area contributed by atoms with Crippen LogP contribution >= 0.6 is 0 Å². The molecule has 1 N–H and O–H groups in total. The summed E-state index contributed by atoms with van der Waals surface area (Å²) < 4.78 is 0. The molecule has 2 bridgehead atoms. The molecule has 0 amide bonds. The fourth-order valence-corrected chi connectivity index (χ4v) is 3.33. The first-order valence-electron chi connectivity index (χ1n) is 5.48. The van der Waals surface area contributed by atoms with Gasteiger partial charge in [0.05, 0.1) is 6.10 Å². The molecule has 1 heteroatoms. The smallest absolute Gasteiger partial charge is 0.0665 e. The summed E-state index contributed by atoms with van der Waals surface area (Å²) in [5, 5.41) is 10.0. The second-order valence-corrected chi connectivity index (χ2v) is 4.97. The highest BCUT2D eigenvalue weighted by atomic mass is 16.3. The van der Waals surface area contributed by atoms with Gasteiger partial charge in [-0.2, -0.15) is 0 Å². The lowest BCUT2D eigenvalue weighted by molar-refractivity contribution is -0.0175. The van der Waals surface area contributed by atoms with E-state index in [0.29, 0.717) is 5.92 Å². The van der Waals surface area contributed by atoms with Gasteiger partial charge in [-0.3, -0.25) is 0 Å². The number of benzene rings is 1. The van der Waals surface area contributed by atoms with Gasteiger partial charge in [0.2, 0.25) is 0 Å². The summed E-state index contributed by atoms with van der Waals surface area (Å²) in [5.41, 5.74) is 2.80. The molecule has 1 aromatic rings. The van der Waals surface area contributed by atoms with Crippen molar-refractivity contribution in [3.05, 3.63) is 35.4 Å². The van der Waals surface area contributed by atoms with E-state index in [-0.39, 0.29) is 11.5 Å². The molecule has 1 aromatic carbocycles. The topological polar surface area (TPSA) is 20.2 Å². The molecule has 3 atom stereocenters. The van der Waals surface area contributed by atoms with Gasteiger partial charge in [-0.1, -0.05) is 29.8 Å². The highest BCUT2D eigenvalue weighted by Crippen LogP contribution is 2.59. The van der Waals surface area contributed by atoms with E-state index in [9.17, 15) is 5.11 Å². The van der Waals surface area contributed by atoms with Gasteiger partial charge >= 0.3 is 0 Å². The van der Waals surface area contributed by atoms with Crippen LogP contribution in [0.1, 0.15) is 30.4 Å². The van der Waals surface area contributed by atoms with Crippen LogP contribution in [0.5, 0.6) is 0 Å². The van der Waals surface area contributed by atoms with Gasteiger partial charge < -0.3 is 5.11 Å². The Bertz CT molecular complexity index is 367. The normalized spacial score (nSPS) is 39.6. The Morgan fingerprint density at radius 3 is 2.86 bits per heavy atom. The number of fused-ring (bicyclic) bond motifs is 1. The van der Waals surface area contributed by atoms with Crippen LogP contribution < -0.4 is 0 Å². The number of hydrogen-bond acceptors (Lipinski definition) is 1. The minimum atomic E-state index is -0.0655. The summed E-state index contributed by atoms with van der Waals surface area (Å²) in [6, 6.07) is 8.65. The predicted molar refractivity (Wildman–Crippen MR) is 56.2 cm³/mol. The molecule has 0 saturated heterocycles. The van der Waals surface area contributed by atoms with Crippen molar-refractivity contribution in [2.24, 2.45) is 5.92 Å². The number of aliphatic hydroxyl groups is 1. The molecule has 14 heavy (non-hydrogen) atoms. The third-order valence-electron chi connectivity index (χ3n) is 4.19. The fraction of sp³-hybridized carbons (Fsp3) is 0.538. The highest BCUT2D eigenvalue weighted by Gasteiger charge is 2.59. The zero-order valence-electron chi connectivity index (χ0n) is 8.53. The molecule has 0 radical (unpaired) electrons. The molecule has 4 rings (SSSR count). The average Bonchev–Trinajstić information content (AvgIpc) is 2.75. The molecule has 0 spiro atoms. The third-order valence-corrected chi connectivity index (χ3v) is 4.19. The average molecular weight is 188 g/mol. The second-order valence-electron chi connectivity index (χ2n) is 4.97. The van der Waals surface area contributed by atoms with Crippen molar-refractivity contribution in [3.8, 4) is 0 Å². The quantitative estimate of drug-likeness (QED) is 0.717. The fourth-order valence-electron chi connectivity index (χ4n) is 3.33. The molecule has 3 aliphatic carbocycles. The minimum absolute atomic E-state index is 0.0655. The molecule has 3 aliphatic rings. The van der Waals surface area contributed by atoms with Crippen molar-refractivity contribution in [3.63, 3.8) is 0 Å². The Balaban J connectivity index is 2.03. The SMILES string of the molecule is Cc1cccc(C23CCC(C2)C3O)c1. The predicted octanol–water partition coefficient (Wildman–Crippen LogP) is 2.41. The summed E-state index contributed by atoms with van der Waals surface area (Å²) in [5.74, 6) is 0.593. The van der Waals surface area contributed by atoms with Crippen molar-refractivity contribution < 1.29 is 5.11 Å². The van der Waals surface area contributed by atoms with Crippen LogP contribution in [-0.4, -0.2) is 11.2 Å². The molecular weight excluding hydrogens is 172 g/mol. The Hall–Kier alpha value is -0.820. The van der Waals surface area contributed by atoms with E-state index >= 15 is 0 Å². The lowest BCUT2D eigenvalue weighted by atomic mass is 9.63. The maximum absolute atomic E-state index is 10.0. The first-order valence-corrected chi connectivity index (χ1v) is 5.48. The van der Waals surface area contributed by atoms with Crippen molar-refractivity contribution >= 4 is 0 Å². The maximum Gasteiger partial charge on any atom is 0.0665 e. The zero-order chi connectivity index (χ0) is 9.76. The summed E-state index contributed by atoms with van der Waals surface area (Å²) in [4.78, 5) is 0. The van der Waals surface area contributed by atoms with E-state index in [1.165, 1.54) is 30.4 Å². The molecule has 0 aliphatic heterocycles. The number of aryl methyl sites for hydroxylation is 1. The van der Waals surface area contributed by atoms with Crippen LogP contribution in [0.4, 0.5) is 0 Å². The largest absolute Gasteiger partial charge is 0.392 e. The molecule has 1 nitrogen and oxygen atoms in total. The lowest BCUT2D eigenvalue weighted by Crippen LogP contribution is -2.48. The molecule has 74 valence electrons. The zero-order valence-corrected chi connectivity index (χ0v) is 8.53. The molecular formula is C13H16O. The van der Waals surface area contributed by atoms with Crippen LogP contribution in [0.2, 0.25) is 0 Å². The lowest BCUT2D eigenvalue weighted by Gasteiger charge is -2.44. The van der Waals surface area contributed by atoms with Gasteiger partial charge in [0, 0.05) is 5.41 Å². The van der Waals surface area contributed by atoms with Gasteiger partial charge in [0.1, 0.15) is 0 Å². The minimum Gasteiger partial charge on any atom is -0.392 e. The Kier molecular flexibility index (Phi) is 1.58. The van der Waals surface area contributed by atoms with E-state index in [2.05, 4.69) is 31.2 Å². The third kappa shape index (κ3) is 0.885. The van der Waals surface area contributed by atoms with Crippen LogP contribution in [0.25, 0.3) is 0 Å². The highest BCUT2D eigenvalue weighted by molar-refractivity contribution is 5.36. The summed E-state index contributed by atoms with van der Waals surface area (Å²) >= 11 is 0. The van der Waals surface area contributed by atoms with Gasteiger partial charge in [-0.25, -0.2) is 0 Å². The van der Waals surface area contributed by atoms with E-state index in [1.54, 1.807) is 0 Å². The molecule has 3 unspecified atom stereocenters. The summed E-state index contributed by atoms with van der Waals surface area (Å²) in [6.45, 7) is 2.12. The Morgan fingerprint density at radius 2 is 2.29 bits per heavy atom. The van der Waals surface area contributed by atoms with E-state index in [1.807, 2.05) is 0 Å². The van der Waals surface area contributed by atoms with Gasteiger partial charge in [0.15, 0.2) is 0 Å². The molecule has 0 aromatic heterocycles. The van der Waals surface area contributed by atoms with Crippen LogP contribution in [-0.2, 0) is 5.41 Å². The van der Waals surface area contributed by atoms with Crippen molar-refractivity contribution in [2.75, 3.05) is 0 Å². The van der Waals surface area contributed by atoms with Crippen molar-refractivity contribution in [2.45, 2.75) is 37.7 Å². The van der Waals surface area contributed by atoms with E-state index in [0.717, 1.165) is 0 Å². The summed E-state index contributed by atoms with van der Waals surface area (Å²) in [6.07, 6.45) is 3.54. The number of aliphatic hydroxyl groups excluding tert-OH is 1. The van der Waals surface area contributed by atoms with Crippen molar-refractivity contribution in [1.29, 1.82) is 0 Å². The summed E-state index contributed by atoms with van der Waals surface area (Å²) in [7, 11) is 0. The maximum atomic E-state index is 10.0. The number of hydrogen-bond donors (Lipinski definition) is 1. The van der Waals surface area contributed by atoms with E-state index in [4.69, 9.17) is 0 Å². The standard InChI is InChI=1S/C13H16O/c1-9-3-2-4-11(7-9)13-6-5-10(8-13)12(13)14/h2-4,7,10,12,14H,5-6,8H2,1H3. The molecule has 3 saturated carbocycles. The Morgan fingerprint density at radius 1 is 1.43 bits per heavy atom. The van der Waals surface area contributed by atoms with Gasteiger partial charge in [-0.15, -0.1) is 0 Å². The number of rotatable bonds is 1. The molecule has 3 fully saturated rings. The van der Waals surface area contributed by atoms with Crippen LogP contribution in [0.3, 0.4) is 0 Å². The Labute approximate surface area is 84.8 Å². The van der Waals surface area contributed by atoms with Crippen molar-refractivity contribution in [1.82, 2.24) is 0 Å². The van der Waals surface area contributed by atoms with E-state index < -0.39 is 0 Å². The van der Waals surface area contributed by atoms with Crippen LogP contribution in [0, 0.1) is 12.8 Å². The monoisotopic (exact) mass is 188 g/mol. The molecule has 0 heterocycles.